The fraction of sp³-hybridized carbons (Fsp3) is 0.217. The molecule has 3 aromatic carbocycles. The van der Waals surface area contributed by atoms with Crippen LogP contribution in [0.5, 0.6) is 5.75 Å². The number of fused-ring (bicyclic) bond motifs is 1. The summed E-state index contributed by atoms with van der Waals surface area (Å²) in [7, 11) is 0. The summed E-state index contributed by atoms with van der Waals surface area (Å²) in [5.74, 6) is -0.142. The number of phenolic OH excluding ortho intramolecular Hbond substituents is 1. The molecule has 1 unspecified atom stereocenters. The first-order chi connectivity index (χ1) is 13.5. The van der Waals surface area contributed by atoms with Crippen molar-refractivity contribution < 1.29 is 14.7 Å². The van der Waals surface area contributed by atoms with E-state index in [1.165, 1.54) is 0 Å². The lowest BCUT2D eigenvalue weighted by atomic mass is 10.0. The summed E-state index contributed by atoms with van der Waals surface area (Å²) in [5, 5.41) is 15.0. The van der Waals surface area contributed by atoms with Gasteiger partial charge in [0.05, 0.1) is 6.04 Å². The van der Waals surface area contributed by atoms with E-state index in [1.54, 1.807) is 30.0 Å². The number of amides is 2. The van der Waals surface area contributed by atoms with Crippen LogP contribution in [0.2, 0.25) is 0 Å². The number of aromatic hydroxyl groups is 1. The van der Waals surface area contributed by atoms with E-state index in [1.807, 2.05) is 24.3 Å². The molecule has 28 heavy (non-hydrogen) atoms. The molecule has 0 radical (unpaired) electrons. The van der Waals surface area contributed by atoms with Crippen LogP contribution in [-0.4, -0.2) is 34.4 Å². The third-order valence-electron chi connectivity index (χ3n) is 5.34. The Morgan fingerprint density at radius 2 is 1.86 bits per heavy atom. The third kappa shape index (κ3) is 3.43. The van der Waals surface area contributed by atoms with Gasteiger partial charge >= 0.3 is 0 Å². The second-order valence-electron chi connectivity index (χ2n) is 7.24. The number of hydrogen-bond acceptors (Lipinski definition) is 3. The van der Waals surface area contributed by atoms with Gasteiger partial charge in [-0.3, -0.25) is 9.59 Å². The molecule has 5 nitrogen and oxygen atoms in total. The highest BCUT2D eigenvalue weighted by Gasteiger charge is 2.31. The van der Waals surface area contributed by atoms with Crippen LogP contribution in [0.3, 0.4) is 0 Å². The van der Waals surface area contributed by atoms with Crippen molar-refractivity contribution in [2.45, 2.75) is 25.9 Å². The third-order valence-corrected chi connectivity index (χ3v) is 5.34. The SMILES string of the molecule is Cc1c(O)cccc1C(=O)NC1CC(=O)N(Cc2cccc3ccccc23)C1. The van der Waals surface area contributed by atoms with E-state index < -0.39 is 0 Å². The second kappa shape index (κ2) is 7.35. The summed E-state index contributed by atoms with van der Waals surface area (Å²) >= 11 is 0. The molecule has 0 spiro atoms. The van der Waals surface area contributed by atoms with Gasteiger partial charge in [-0.05, 0) is 35.4 Å². The number of likely N-dealkylation sites (tertiary alicyclic amines) is 1. The second-order valence-corrected chi connectivity index (χ2v) is 7.24. The first-order valence-electron chi connectivity index (χ1n) is 9.37. The average molecular weight is 374 g/mol. The van der Waals surface area contributed by atoms with Gasteiger partial charge in [0.25, 0.3) is 5.91 Å². The van der Waals surface area contributed by atoms with Crippen LogP contribution in [0.25, 0.3) is 10.8 Å². The number of nitrogens with zero attached hydrogens (tertiary/aromatic N) is 1. The van der Waals surface area contributed by atoms with Gasteiger partial charge in [0.15, 0.2) is 0 Å². The molecule has 0 saturated carbocycles. The van der Waals surface area contributed by atoms with Crippen LogP contribution in [0, 0.1) is 6.92 Å². The van der Waals surface area contributed by atoms with Gasteiger partial charge in [-0.25, -0.2) is 0 Å². The normalized spacial score (nSPS) is 16.5. The van der Waals surface area contributed by atoms with E-state index in [0.29, 0.717) is 24.2 Å². The van der Waals surface area contributed by atoms with Crippen molar-refractivity contribution >= 4 is 22.6 Å². The van der Waals surface area contributed by atoms with Gasteiger partial charge in [-0.1, -0.05) is 48.5 Å². The lowest BCUT2D eigenvalue weighted by Crippen LogP contribution is -2.37. The minimum Gasteiger partial charge on any atom is -0.508 e. The summed E-state index contributed by atoms with van der Waals surface area (Å²) in [6.07, 6.45) is 0.286. The molecule has 3 aromatic rings. The lowest BCUT2D eigenvalue weighted by Gasteiger charge is -2.19. The van der Waals surface area contributed by atoms with Crippen LogP contribution in [0.4, 0.5) is 0 Å². The van der Waals surface area contributed by atoms with Crippen LogP contribution in [0.1, 0.15) is 27.9 Å². The fourth-order valence-corrected chi connectivity index (χ4v) is 3.79. The molecule has 4 rings (SSSR count). The van der Waals surface area contributed by atoms with Crippen molar-refractivity contribution in [1.29, 1.82) is 0 Å². The zero-order chi connectivity index (χ0) is 19.7. The number of benzene rings is 3. The molecule has 1 fully saturated rings. The predicted molar refractivity (Wildman–Crippen MR) is 108 cm³/mol. The predicted octanol–water partition coefficient (Wildman–Crippen LogP) is 3.38. The number of nitrogens with one attached hydrogen (secondary N) is 1. The van der Waals surface area contributed by atoms with Gasteiger partial charge in [0, 0.05) is 30.6 Å². The first kappa shape index (κ1) is 18.0. The molecule has 1 aliphatic rings. The van der Waals surface area contributed by atoms with Crippen molar-refractivity contribution in [3.8, 4) is 5.75 Å². The lowest BCUT2D eigenvalue weighted by molar-refractivity contribution is -0.128. The Morgan fingerprint density at radius 3 is 2.71 bits per heavy atom. The summed E-state index contributed by atoms with van der Waals surface area (Å²) in [6.45, 7) is 2.71. The number of phenols is 1. The average Bonchev–Trinajstić information content (AvgIpc) is 3.03. The Hall–Kier alpha value is -3.34. The van der Waals surface area contributed by atoms with Crippen molar-refractivity contribution in [2.24, 2.45) is 0 Å². The molecule has 1 saturated heterocycles. The van der Waals surface area contributed by atoms with Crippen LogP contribution in [0.15, 0.2) is 60.7 Å². The Kier molecular flexibility index (Phi) is 4.74. The zero-order valence-electron chi connectivity index (χ0n) is 15.7. The highest BCUT2D eigenvalue weighted by atomic mass is 16.3. The minimum atomic E-state index is -0.266. The van der Waals surface area contributed by atoms with Crippen molar-refractivity contribution in [2.75, 3.05) is 6.54 Å². The topological polar surface area (TPSA) is 69.6 Å². The molecule has 2 N–H and O–H groups in total. The Balaban J connectivity index is 1.47. The molecule has 0 bridgehead atoms. The largest absolute Gasteiger partial charge is 0.508 e. The highest BCUT2D eigenvalue weighted by Crippen LogP contribution is 2.23. The van der Waals surface area contributed by atoms with Crippen molar-refractivity contribution in [3.05, 3.63) is 77.4 Å². The maximum Gasteiger partial charge on any atom is 0.251 e. The van der Waals surface area contributed by atoms with Gasteiger partial charge in [-0.15, -0.1) is 0 Å². The quantitative estimate of drug-likeness (QED) is 0.735. The molecule has 1 heterocycles. The number of carbonyl (C=O) groups is 2. The molecular weight excluding hydrogens is 352 g/mol. The van der Waals surface area contributed by atoms with E-state index >= 15 is 0 Å². The maximum absolute atomic E-state index is 12.6. The van der Waals surface area contributed by atoms with Crippen LogP contribution in [-0.2, 0) is 11.3 Å². The number of carbonyl (C=O) groups excluding carboxylic acids is 2. The first-order valence-corrected chi connectivity index (χ1v) is 9.37. The van der Waals surface area contributed by atoms with Crippen molar-refractivity contribution in [3.63, 3.8) is 0 Å². The number of rotatable bonds is 4. The molecule has 142 valence electrons. The van der Waals surface area contributed by atoms with Crippen LogP contribution < -0.4 is 5.32 Å². The zero-order valence-corrected chi connectivity index (χ0v) is 15.7. The van der Waals surface area contributed by atoms with E-state index in [2.05, 4.69) is 23.5 Å². The molecule has 2 amide bonds. The van der Waals surface area contributed by atoms with Gasteiger partial charge < -0.3 is 15.3 Å². The van der Waals surface area contributed by atoms with Gasteiger partial charge in [0.2, 0.25) is 5.91 Å². The van der Waals surface area contributed by atoms with E-state index in [0.717, 1.165) is 16.3 Å². The van der Waals surface area contributed by atoms with E-state index in [9.17, 15) is 14.7 Å². The summed E-state index contributed by atoms with van der Waals surface area (Å²) in [5.41, 5.74) is 2.07. The molecule has 0 aliphatic carbocycles. The molecular formula is C23H22N2O3. The van der Waals surface area contributed by atoms with Crippen molar-refractivity contribution in [1.82, 2.24) is 10.2 Å². The number of hydrogen-bond donors (Lipinski definition) is 2. The standard InChI is InChI=1S/C23H22N2O3/c1-15-19(10-5-11-21(15)26)23(28)24-18-12-22(27)25(14-18)13-17-8-4-7-16-6-2-3-9-20(16)17/h2-11,18,26H,12-14H2,1H3,(H,24,28). The molecule has 1 atom stereocenters. The molecule has 5 heteroatoms. The van der Waals surface area contributed by atoms with Crippen LogP contribution >= 0.6 is 0 Å². The summed E-state index contributed by atoms with van der Waals surface area (Å²) in [6, 6.07) is 18.9. The molecule has 0 aromatic heterocycles. The monoisotopic (exact) mass is 374 g/mol. The van der Waals surface area contributed by atoms with E-state index in [-0.39, 0.29) is 30.0 Å². The Bertz CT molecular complexity index is 1060. The highest BCUT2D eigenvalue weighted by molar-refractivity contribution is 5.97. The summed E-state index contributed by atoms with van der Waals surface area (Å²) in [4.78, 5) is 26.9. The summed E-state index contributed by atoms with van der Waals surface area (Å²) < 4.78 is 0. The minimum absolute atomic E-state index is 0.0332. The van der Waals surface area contributed by atoms with Gasteiger partial charge in [0.1, 0.15) is 5.75 Å². The maximum atomic E-state index is 12.6. The smallest absolute Gasteiger partial charge is 0.251 e. The van der Waals surface area contributed by atoms with E-state index in [4.69, 9.17) is 0 Å². The fourth-order valence-electron chi connectivity index (χ4n) is 3.79. The Morgan fingerprint density at radius 1 is 1.11 bits per heavy atom. The Labute approximate surface area is 163 Å². The van der Waals surface area contributed by atoms with Gasteiger partial charge in [-0.2, -0.15) is 0 Å². The molecule has 1 aliphatic heterocycles.